The maximum atomic E-state index is 14.5. The first-order chi connectivity index (χ1) is 18.0. The van der Waals surface area contributed by atoms with Crippen LogP contribution >= 0.6 is 0 Å². The summed E-state index contributed by atoms with van der Waals surface area (Å²) in [4.78, 5) is 30.8. The van der Waals surface area contributed by atoms with Gasteiger partial charge in [0.25, 0.3) is 0 Å². The number of hydrogen-bond donors (Lipinski definition) is 3. The van der Waals surface area contributed by atoms with Gasteiger partial charge in [0.15, 0.2) is 0 Å². The van der Waals surface area contributed by atoms with Crippen molar-refractivity contribution in [2.75, 3.05) is 38.2 Å². The highest BCUT2D eigenvalue weighted by Gasteiger charge is 2.52. The number of benzene rings is 2. The lowest BCUT2D eigenvalue weighted by molar-refractivity contribution is -0.147. The molecule has 0 bridgehead atoms. The summed E-state index contributed by atoms with van der Waals surface area (Å²) >= 11 is 0. The number of fused-ring (bicyclic) bond motifs is 3. The van der Waals surface area contributed by atoms with Crippen LogP contribution in [0, 0.1) is 17.7 Å². The van der Waals surface area contributed by atoms with Gasteiger partial charge in [-0.1, -0.05) is 18.2 Å². The number of hydrogen-bond acceptors (Lipinski definition) is 7. The van der Waals surface area contributed by atoms with Crippen LogP contribution in [0.2, 0.25) is 0 Å². The Morgan fingerprint density at radius 3 is 2.51 bits per heavy atom. The molecule has 6 rings (SSSR count). The van der Waals surface area contributed by atoms with Crippen LogP contribution < -0.4 is 25.9 Å². The van der Waals surface area contributed by atoms with E-state index in [1.807, 2.05) is 34.2 Å². The van der Waals surface area contributed by atoms with Crippen LogP contribution in [0.5, 0.6) is 5.75 Å². The maximum Gasteiger partial charge on any atom is 0.226 e. The molecule has 3 heterocycles. The standard InChI is InChI=1S/C27H33FN6O3/c1-37-19-9-7-18(8-10-19)32-12-14-33(15-13-32)27(36)17-6-11-21-23(16-17)34-25(29-26(21)35)24(30-31-34)20-4-2-3-5-22(20)28/h2-5,7-10,17,21,23-25,30-31H,6,11-16H2,1H3,(H,29,35). The summed E-state index contributed by atoms with van der Waals surface area (Å²) in [5, 5.41) is 5.07. The fourth-order valence-electron chi connectivity index (χ4n) is 6.34. The lowest BCUT2D eigenvalue weighted by atomic mass is 9.75. The van der Waals surface area contributed by atoms with Gasteiger partial charge in [-0.2, -0.15) is 5.53 Å². The Kier molecular flexibility index (Phi) is 6.48. The predicted molar refractivity (Wildman–Crippen MR) is 136 cm³/mol. The van der Waals surface area contributed by atoms with Gasteiger partial charge in [0, 0.05) is 49.4 Å². The number of nitrogens with zero attached hydrogens (tertiary/aromatic N) is 3. The molecule has 37 heavy (non-hydrogen) atoms. The molecule has 5 atom stereocenters. The van der Waals surface area contributed by atoms with E-state index in [9.17, 15) is 14.0 Å². The Hall–Kier alpha value is -3.21. The second kappa shape index (κ2) is 9.92. The number of carbonyl (C=O) groups excluding carboxylic acids is 2. The third-order valence-electron chi connectivity index (χ3n) is 8.38. The summed E-state index contributed by atoms with van der Waals surface area (Å²) in [7, 11) is 1.66. The van der Waals surface area contributed by atoms with Crippen molar-refractivity contribution in [1.82, 2.24) is 26.2 Å². The zero-order chi connectivity index (χ0) is 25.5. The normalized spacial score (nSPS) is 29.9. The first kappa shape index (κ1) is 24.1. The van der Waals surface area contributed by atoms with Crippen molar-refractivity contribution in [2.24, 2.45) is 11.8 Å². The van der Waals surface area contributed by atoms with Crippen molar-refractivity contribution in [3.05, 3.63) is 59.9 Å². The van der Waals surface area contributed by atoms with Crippen LogP contribution in [-0.2, 0) is 9.59 Å². The molecule has 2 amide bonds. The molecule has 1 aliphatic carbocycles. The van der Waals surface area contributed by atoms with E-state index in [0.717, 1.165) is 24.5 Å². The molecule has 4 fully saturated rings. The molecule has 196 valence electrons. The lowest BCUT2D eigenvalue weighted by Gasteiger charge is -2.47. The van der Waals surface area contributed by atoms with Gasteiger partial charge in [-0.25, -0.2) is 14.8 Å². The number of anilines is 1. The van der Waals surface area contributed by atoms with Crippen molar-refractivity contribution in [2.45, 2.75) is 37.5 Å². The van der Waals surface area contributed by atoms with Gasteiger partial charge in [-0.3, -0.25) is 9.59 Å². The van der Waals surface area contributed by atoms with E-state index in [1.165, 1.54) is 6.07 Å². The third kappa shape index (κ3) is 4.43. The first-order valence-corrected chi connectivity index (χ1v) is 13.1. The molecule has 3 saturated heterocycles. The summed E-state index contributed by atoms with van der Waals surface area (Å²) < 4.78 is 19.8. The third-order valence-corrected chi connectivity index (χ3v) is 8.38. The molecular formula is C27H33FN6O3. The smallest absolute Gasteiger partial charge is 0.226 e. The number of nitrogens with one attached hydrogen (secondary N) is 3. The minimum absolute atomic E-state index is 0.0166. The molecule has 0 spiro atoms. The highest BCUT2D eigenvalue weighted by Crippen LogP contribution is 2.39. The van der Waals surface area contributed by atoms with E-state index in [2.05, 4.69) is 21.2 Å². The highest BCUT2D eigenvalue weighted by molar-refractivity contribution is 5.83. The molecule has 0 aromatic heterocycles. The Balaban J connectivity index is 1.10. The largest absolute Gasteiger partial charge is 0.497 e. The number of amides is 2. The minimum Gasteiger partial charge on any atom is -0.497 e. The Morgan fingerprint density at radius 1 is 1.03 bits per heavy atom. The van der Waals surface area contributed by atoms with Crippen molar-refractivity contribution in [1.29, 1.82) is 0 Å². The zero-order valence-electron chi connectivity index (χ0n) is 20.9. The van der Waals surface area contributed by atoms with Crippen LogP contribution in [0.3, 0.4) is 0 Å². The number of methoxy groups -OCH3 is 1. The van der Waals surface area contributed by atoms with Gasteiger partial charge in [0.05, 0.1) is 19.1 Å². The monoisotopic (exact) mass is 508 g/mol. The Labute approximate surface area is 215 Å². The number of rotatable bonds is 4. The van der Waals surface area contributed by atoms with E-state index < -0.39 is 12.2 Å². The molecule has 2 aromatic carbocycles. The quantitative estimate of drug-likeness (QED) is 0.580. The number of carbonyl (C=O) groups is 2. The number of ether oxygens (including phenoxy) is 1. The molecule has 9 nitrogen and oxygen atoms in total. The Morgan fingerprint density at radius 2 is 1.78 bits per heavy atom. The summed E-state index contributed by atoms with van der Waals surface area (Å²) in [5.41, 5.74) is 7.97. The SMILES string of the molecule is COc1ccc(N2CCN(C(=O)C3CCC4C(=O)NC5C(c6ccccc6F)NNN5C4C3)CC2)cc1. The molecule has 5 unspecified atom stereocenters. The summed E-state index contributed by atoms with van der Waals surface area (Å²) in [6.45, 7) is 2.92. The molecule has 4 aliphatic rings. The van der Waals surface area contributed by atoms with Crippen LogP contribution in [0.4, 0.5) is 10.1 Å². The van der Waals surface area contributed by atoms with Gasteiger partial charge >= 0.3 is 0 Å². The minimum atomic E-state index is -0.424. The highest BCUT2D eigenvalue weighted by atomic mass is 19.1. The van der Waals surface area contributed by atoms with Gasteiger partial charge in [0.2, 0.25) is 11.8 Å². The maximum absolute atomic E-state index is 14.5. The van der Waals surface area contributed by atoms with Crippen LogP contribution in [0.15, 0.2) is 48.5 Å². The van der Waals surface area contributed by atoms with Crippen LogP contribution in [0.1, 0.15) is 30.9 Å². The average Bonchev–Trinajstić information content (AvgIpc) is 3.36. The van der Waals surface area contributed by atoms with Gasteiger partial charge < -0.3 is 19.9 Å². The molecule has 2 aromatic rings. The van der Waals surface area contributed by atoms with Crippen molar-refractivity contribution < 1.29 is 18.7 Å². The van der Waals surface area contributed by atoms with E-state index in [0.29, 0.717) is 37.9 Å². The zero-order valence-corrected chi connectivity index (χ0v) is 20.9. The number of piperazine rings is 1. The van der Waals surface area contributed by atoms with E-state index in [1.54, 1.807) is 25.3 Å². The molecule has 0 radical (unpaired) electrons. The second-order valence-electron chi connectivity index (χ2n) is 10.3. The van der Waals surface area contributed by atoms with Crippen molar-refractivity contribution in [3.63, 3.8) is 0 Å². The average molecular weight is 509 g/mol. The number of hydrazine groups is 2. The van der Waals surface area contributed by atoms with Crippen molar-refractivity contribution in [3.8, 4) is 5.75 Å². The van der Waals surface area contributed by atoms with Crippen LogP contribution in [-0.4, -0.2) is 67.2 Å². The summed E-state index contributed by atoms with van der Waals surface area (Å²) in [5.74, 6) is 0.348. The topological polar surface area (TPSA) is 89.2 Å². The fraction of sp³-hybridized carbons (Fsp3) is 0.481. The summed E-state index contributed by atoms with van der Waals surface area (Å²) in [6, 6.07) is 14.1. The fourth-order valence-corrected chi connectivity index (χ4v) is 6.34. The first-order valence-electron chi connectivity index (χ1n) is 13.1. The van der Waals surface area contributed by atoms with E-state index in [-0.39, 0.29) is 35.5 Å². The molecule has 10 heteroatoms. The van der Waals surface area contributed by atoms with E-state index >= 15 is 0 Å². The molecule has 3 aliphatic heterocycles. The molecular weight excluding hydrogens is 475 g/mol. The molecule has 3 N–H and O–H groups in total. The number of halogens is 1. The van der Waals surface area contributed by atoms with Crippen LogP contribution in [0.25, 0.3) is 0 Å². The summed E-state index contributed by atoms with van der Waals surface area (Å²) in [6.07, 6.45) is 1.54. The van der Waals surface area contributed by atoms with E-state index in [4.69, 9.17) is 4.74 Å². The van der Waals surface area contributed by atoms with Crippen molar-refractivity contribution >= 4 is 17.5 Å². The van der Waals surface area contributed by atoms with Gasteiger partial charge in [-0.05, 0) is 49.6 Å². The predicted octanol–water partition coefficient (Wildman–Crippen LogP) is 1.79. The van der Waals surface area contributed by atoms with Gasteiger partial charge in [0.1, 0.15) is 17.7 Å². The van der Waals surface area contributed by atoms with Gasteiger partial charge in [-0.15, -0.1) is 0 Å². The lowest BCUT2D eigenvalue weighted by Crippen LogP contribution is -2.66. The molecule has 1 saturated carbocycles. The Bertz CT molecular complexity index is 1160. The second-order valence-corrected chi connectivity index (χ2v) is 10.3.